The van der Waals surface area contributed by atoms with Crippen molar-refractivity contribution in [1.82, 2.24) is 8.87 Å². The summed E-state index contributed by atoms with van der Waals surface area (Å²) < 4.78 is 38.4. The number of aromatic nitrogens is 1. The number of nitrogens with zero attached hydrogens (tertiary/aromatic N) is 3. The van der Waals surface area contributed by atoms with E-state index in [9.17, 15) is 13.2 Å². The number of ether oxygens (including phenoxy) is 2. The molecular weight excluding hydrogens is 402 g/mol. The van der Waals surface area contributed by atoms with E-state index in [0.29, 0.717) is 48.8 Å². The number of piperidine rings is 1. The molecule has 1 aromatic heterocycles. The topological polar surface area (TPSA) is 90.2 Å². The third kappa shape index (κ3) is 4.08. The van der Waals surface area contributed by atoms with Crippen LogP contribution in [0.2, 0.25) is 0 Å². The molecule has 0 aliphatic carbocycles. The van der Waals surface area contributed by atoms with E-state index >= 15 is 0 Å². The fraction of sp³-hybridized carbons (Fsp3) is 0.556. The van der Waals surface area contributed by atoms with Crippen molar-refractivity contribution in [3.63, 3.8) is 0 Å². The van der Waals surface area contributed by atoms with Crippen LogP contribution in [0.25, 0.3) is 10.2 Å². The molecule has 2 aromatic rings. The average Bonchev–Trinajstić information content (AvgIpc) is 3.01. The van der Waals surface area contributed by atoms with Gasteiger partial charge in [-0.05, 0) is 19.8 Å². The van der Waals surface area contributed by atoms with Crippen LogP contribution >= 0.6 is 11.3 Å². The molecule has 3 rings (SSSR count). The van der Waals surface area contributed by atoms with Crippen molar-refractivity contribution in [3.8, 4) is 11.5 Å². The SMILES string of the molecule is CCn1c(=NC(=O)C2CCN(S(C)(=O)=O)CC2)sc2cc(OC)c(OC)cc21. The summed E-state index contributed by atoms with van der Waals surface area (Å²) in [6.45, 7) is 3.38. The molecular formula is C18H25N3O5S2. The molecule has 0 atom stereocenters. The molecule has 0 radical (unpaired) electrons. The first-order valence-electron chi connectivity index (χ1n) is 9.07. The van der Waals surface area contributed by atoms with Crippen molar-refractivity contribution in [2.24, 2.45) is 10.9 Å². The van der Waals surface area contributed by atoms with Crippen LogP contribution in [0.1, 0.15) is 19.8 Å². The number of fused-ring (bicyclic) bond motifs is 1. The maximum atomic E-state index is 12.7. The van der Waals surface area contributed by atoms with Crippen LogP contribution in [0.3, 0.4) is 0 Å². The molecule has 0 unspecified atom stereocenters. The molecule has 1 amide bonds. The van der Waals surface area contributed by atoms with E-state index in [1.54, 1.807) is 14.2 Å². The number of methoxy groups -OCH3 is 2. The van der Waals surface area contributed by atoms with Gasteiger partial charge in [-0.3, -0.25) is 4.79 Å². The summed E-state index contributed by atoms with van der Waals surface area (Å²) in [6.07, 6.45) is 2.19. The number of sulfonamides is 1. The highest BCUT2D eigenvalue weighted by Gasteiger charge is 2.29. The first-order chi connectivity index (χ1) is 13.3. The smallest absolute Gasteiger partial charge is 0.251 e. The van der Waals surface area contributed by atoms with Gasteiger partial charge >= 0.3 is 0 Å². The Morgan fingerprint density at radius 2 is 1.82 bits per heavy atom. The lowest BCUT2D eigenvalue weighted by Gasteiger charge is -2.28. The van der Waals surface area contributed by atoms with Crippen LogP contribution in [-0.4, -0.2) is 56.8 Å². The number of aryl methyl sites for hydroxylation is 1. The lowest BCUT2D eigenvalue weighted by Crippen LogP contribution is -2.39. The molecule has 2 heterocycles. The predicted octanol–water partition coefficient (Wildman–Crippen LogP) is 1.84. The maximum Gasteiger partial charge on any atom is 0.251 e. The number of amides is 1. The van der Waals surface area contributed by atoms with Gasteiger partial charge in [0.05, 0.1) is 30.7 Å². The van der Waals surface area contributed by atoms with Crippen LogP contribution in [0, 0.1) is 5.92 Å². The molecule has 1 fully saturated rings. The molecule has 1 aromatic carbocycles. The van der Waals surface area contributed by atoms with Crippen molar-refractivity contribution in [3.05, 3.63) is 16.9 Å². The minimum absolute atomic E-state index is 0.194. The van der Waals surface area contributed by atoms with Gasteiger partial charge in [-0.1, -0.05) is 11.3 Å². The largest absolute Gasteiger partial charge is 0.493 e. The van der Waals surface area contributed by atoms with Gasteiger partial charge in [-0.15, -0.1) is 0 Å². The third-order valence-electron chi connectivity index (χ3n) is 4.98. The second-order valence-corrected chi connectivity index (χ2v) is 9.68. The maximum absolute atomic E-state index is 12.7. The van der Waals surface area contributed by atoms with Crippen molar-refractivity contribution in [2.75, 3.05) is 33.6 Å². The Balaban J connectivity index is 1.92. The Bertz CT molecular complexity index is 1050. The van der Waals surface area contributed by atoms with Crippen molar-refractivity contribution in [2.45, 2.75) is 26.3 Å². The first-order valence-corrected chi connectivity index (χ1v) is 11.7. The van der Waals surface area contributed by atoms with Crippen molar-refractivity contribution in [1.29, 1.82) is 0 Å². The van der Waals surface area contributed by atoms with E-state index in [1.807, 2.05) is 23.6 Å². The average molecular weight is 428 g/mol. The van der Waals surface area contributed by atoms with Crippen LogP contribution in [-0.2, 0) is 21.4 Å². The molecule has 28 heavy (non-hydrogen) atoms. The molecule has 0 spiro atoms. The predicted molar refractivity (Wildman–Crippen MR) is 108 cm³/mol. The Morgan fingerprint density at radius 3 is 2.36 bits per heavy atom. The second kappa shape index (κ2) is 8.22. The molecule has 1 saturated heterocycles. The first kappa shape index (κ1) is 20.8. The Labute approximate surface area is 168 Å². The normalized spacial score (nSPS) is 17.2. The summed E-state index contributed by atoms with van der Waals surface area (Å²) in [5.74, 6) is 0.810. The summed E-state index contributed by atoms with van der Waals surface area (Å²) in [5, 5.41) is 0. The van der Waals surface area contributed by atoms with E-state index in [0.717, 1.165) is 10.2 Å². The summed E-state index contributed by atoms with van der Waals surface area (Å²) in [5.41, 5.74) is 0.934. The Morgan fingerprint density at radius 1 is 1.21 bits per heavy atom. The monoisotopic (exact) mass is 427 g/mol. The second-order valence-electron chi connectivity index (χ2n) is 6.69. The molecule has 10 heteroatoms. The molecule has 8 nitrogen and oxygen atoms in total. The van der Waals surface area contributed by atoms with E-state index < -0.39 is 10.0 Å². The molecule has 154 valence electrons. The van der Waals surface area contributed by atoms with Crippen LogP contribution < -0.4 is 14.3 Å². The van der Waals surface area contributed by atoms with Crippen LogP contribution in [0.15, 0.2) is 17.1 Å². The Kier molecular flexibility index (Phi) is 6.11. The summed E-state index contributed by atoms with van der Waals surface area (Å²) in [7, 11) is -0.0360. The quantitative estimate of drug-likeness (QED) is 0.726. The molecule has 0 N–H and O–H groups in total. The van der Waals surface area contributed by atoms with Gasteiger partial charge in [-0.25, -0.2) is 12.7 Å². The van der Waals surface area contributed by atoms with Gasteiger partial charge in [0.2, 0.25) is 10.0 Å². The highest BCUT2D eigenvalue weighted by Crippen LogP contribution is 2.33. The van der Waals surface area contributed by atoms with Gasteiger partial charge in [0.1, 0.15) is 0 Å². The lowest BCUT2D eigenvalue weighted by molar-refractivity contribution is -0.122. The number of thiazole rings is 1. The van der Waals surface area contributed by atoms with Gasteiger partial charge in [-0.2, -0.15) is 4.99 Å². The molecule has 1 aliphatic heterocycles. The van der Waals surface area contributed by atoms with Crippen molar-refractivity contribution >= 4 is 37.5 Å². The third-order valence-corrected chi connectivity index (χ3v) is 7.33. The number of hydrogen-bond donors (Lipinski definition) is 0. The van der Waals surface area contributed by atoms with Gasteiger partial charge < -0.3 is 14.0 Å². The lowest BCUT2D eigenvalue weighted by atomic mass is 9.98. The fourth-order valence-electron chi connectivity index (χ4n) is 3.41. The highest BCUT2D eigenvalue weighted by atomic mass is 32.2. The van der Waals surface area contributed by atoms with Gasteiger partial charge in [0.25, 0.3) is 5.91 Å². The highest BCUT2D eigenvalue weighted by molar-refractivity contribution is 7.88. The summed E-state index contributed by atoms with van der Waals surface area (Å²) in [6, 6.07) is 3.78. The fourth-order valence-corrected chi connectivity index (χ4v) is 5.39. The zero-order valence-electron chi connectivity index (χ0n) is 16.5. The zero-order chi connectivity index (χ0) is 20.5. The summed E-state index contributed by atoms with van der Waals surface area (Å²) in [4.78, 5) is 17.7. The minimum atomic E-state index is -3.21. The zero-order valence-corrected chi connectivity index (χ0v) is 18.1. The Hall–Kier alpha value is -1.91. The van der Waals surface area contributed by atoms with Crippen molar-refractivity contribution < 1.29 is 22.7 Å². The summed E-state index contributed by atoms with van der Waals surface area (Å²) >= 11 is 1.43. The van der Waals surface area contributed by atoms with E-state index in [2.05, 4.69) is 4.99 Å². The standard InChI is InChI=1S/C18H25N3O5S2/c1-5-21-13-10-14(25-2)15(26-3)11-16(13)27-18(21)19-17(22)12-6-8-20(9-7-12)28(4,23)24/h10-12H,5-9H2,1-4H3. The van der Waals surface area contributed by atoms with Crippen LogP contribution in [0.5, 0.6) is 11.5 Å². The molecule has 0 bridgehead atoms. The van der Waals surface area contributed by atoms with Crippen LogP contribution in [0.4, 0.5) is 0 Å². The van der Waals surface area contributed by atoms with Gasteiger partial charge in [0.15, 0.2) is 16.3 Å². The number of rotatable bonds is 5. The number of hydrogen-bond acceptors (Lipinski definition) is 6. The van der Waals surface area contributed by atoms with Gasteiger partial charge in [0, 0.05) is 37.7 Å². The minimum Gasteiger partial charge on any atom is -0.493 e. The number of carbonyl (C=O) groups is 1. The molecule has 1 aliphatic rings. The van der Waals surface area contributed by atoms with E-state index in [-0.39, 0.29) is 11.8 Å². The molecule has 0 saturated carbocycles. The number of carbonyl (C=O) groups excluding carboxylic acids is 1. The number of benzene rings is 1. The van der Waals surface area contributed by atoms with E-state index in [1.165, 1.54) is 21.9 Å². The van der Waals surface area contributed by atoms with E-state index in [4.69, 9.17) is 9.47 Å².